The van der Waals surface area contributed by atoms with Gasteiger partial charge in [0.1, 0.15) is 18.0 Å². The highest BCUT2D eigenvalue weighted by molar-refractivity contribution is 5.85. The van der Waals surface area contributed by atoms with Crippen LogP contribution in [0.2, 0.25) is 0 Å². The molecule has 1 aliphatic heterocycles. The Morgan fingerprint density at radius 2 is 1.63 bits per heavy atom. The van der Waals surface area contributed by atoms with Gasteiger partial charge in [0.15, 0.2) is 0 Å². The molecule has 3 amide bonds. The van der Waals surface area contributed by atoms with E-state index in [2.05, 4.69) is 22.1 Å². The first-order chi connectivity index (χ1) is 21.0. The average molecular weight is 583 g/mol. The lowest BCUT2D eigenvalue weighted by Gasteiger charge is -2.57. The summed E-state index contributed by atoms with van der Waals surface area (Å²) in [5.74, 6) is 3.60. The number of carbonyl (C=O) groups excluding carboxylic acids is 2. The fraction of sp³-hybridized carbons (Fsp3) is 0.486. The molecule has 0 saturated heterocycles. The molecule has 4 bridgehead atoms. The van der Waals surface area contributed by atoms with Crippen LogP contribution in [0.25, 0.3) is 0 Å². The lowest BCUT2D eigenvalue weighted by atomic mass is 9.53. The summed E-state index contributed by atoms with van der Waals surface area (Å²) in [5.41, 5.74) is 1.91. The zero-order valence-electron chi connectivity index (χ0n) is 25.0. The van der Waals surface area contributed by atoms with Crippen LogP contribution in [0.15, 0.2) is 72.9 Å². The second-order valence-corrected chi connectivity index (χ2v) is 13.1. The summed E-state index contributed by atoms with van der Waals surface area (Å²) in [4.78, 5) is 31.6. The number of urea groups is 1. The number of nitrogens with zero attached hydrogens (tertiary/aromatic N) is 3. The Bertz CT molecular complexity index is 1420. The van der Waals surface area contributed by atoms with Crippen molar-refractivity contribution in [2.24, 2.45) is 17.8 Å². The van der Waals surface area contributed by atoms with Crippen molar-refractivity contribution in [3.63, 3.8) is 0 Å². The number of carbonyl (C=O) groups is 2. The van der Waals surface area contributed by atoms with E-state index < -0.39 is 0 Å². The predicted octanol–water partition coefficient (Wildman–Crippen LogP) is 5.84. The standard InChI is InChI=1S/C35H42N4O4/c1-42-16-15-38(34(41)36-35-21-25-17-26(22-35)19-27(18-25)23-35)24-32(40)39-14-13-37-12-6-11-31(37)33(39)28-7-5-10-30(20-28)43-29-8-3-2-4-9-29/h2-12,20,25-27,33H,13-19,21-24H2,1H3,(H,36,41)/t25?,26?,27?,33-,35?/m0/s1. The normalized spacial score (nSPS) is 27.0. The van der Waals surface area contributed by atoms with Crippen molar-refractivity contribution in [3.05, 3.63) is 84.2 Å². The molecule has 5 aliphatic rings. The molecule has 4 aliphatic carbocycles. The number of aromatic nitrogens is 1. The third-order valence-corrected chi connectivity index (χ3v) is 10.1. The van der Waals surface area contributed by atoms with Crippen molar-refractivity contribution in [2.45, 2.75) is 56.7 Å². The second-order valence-electron chi connectivity index (χ2n) is 13.1. The Hall–Kier alpha value is -3.78. The monoisotopic (exact) mass is 582 g/mol. The topological polar surface area (TPSA) is 76.0 Å². The van der Waals surface area contributed by atoms with Gasteiger partial charge < -0.3 is 29.2 Å². The molecular formula is C35H42N4O4. The molecule has 4 fully saturated rings. The van der Waals surface area contributed by atoms with Gasteiger partial charge in [0.05, 0.1) is 12.6 Å². The van der Waals surface area contributed by atoms with Gasteiger partial charge in [-0.3, -0.25) is 4.79 Å². The van der Waals surface area contributed by atoms with Crippen molar-refractivity contribution >= 4 is 11.9 Å². The first-order valence-electron chi connectivity index (χ1n) is 15.8. The average Bonchev–Trinajstić information content (AvgIpc) is 3.47. The molecule has 8 heteroatoms. The van der Waals surface area contributed by atoms with Crippen LogP contribution in [0.3, 0.4) is 0 Å². The fourth-order valence-electron chi connectivity index (χ4n) is 8.65. The molecule has 1 aromatic heterocycles. The van der Waals surface area contributed by atoms with Gasteiger partial charge in [-0.2, -0.15) is 0 Å². The molecule has 2 aromatic carbocycles. The number of ether oxygens (including phenoxy) is 2. The van der Waals surface area contributed by atoms with Gasteiger partial charge in [-0.15, -0.1) is 0 Å². The van der Waals surface area contributed by atoms with E-state index in [0.717, 1.165) is 59.8 Å². The number of fused-ring (bicyclic) bond motifs is 1. The second kappa shape index (κ2) is 11.7. The number of nitrogens with one attached hydrogen (secondary N) is 1. The molecule has 3 aromatic rings. The van der Waals surface area contributed by atoms with Crippen LogP contribution in [-0.4, -0.2) is 65.2 Å². The highest BCUT2D eigenvalue weighted by Crippen LogP contribution is 2.55. The summed E-state index contributed by atoms with van der Waals surface area (Å²) >= 11 is 0. The first kappa shape index (κ1) is 28.0. The number of amides is 3. The van der Waals surface area contributed by atoms with Crippen LogP contribution < -0.4 is 10.1 Å². The predicted molar refractivity (Wildman–Crippen MR) is 164 cm³/mol. The third-order valence-electron chi connectivity index (χ3n) is 10.1. The minimum atomic E-state index is -0.286. The largest absolute Gasteiger partial charge is 0.457 e. The molecule has 43 heavy (non-hydrogen) atoms. The SMILES string of the molecule is COCCN(CC(=O)N1CCn2cccc2[C@@H]1c1cccc(Oc2ccccc2)c1)C(=O)NC12CC3CC(CC(C3)C1)C2. The molecule has 0 spiro atoms. The van der Waals surface area contributed by atoms with Crippen LogP contribution >= 0.6 is 0 Å². The van der Waals surface area contributed by atoms with Crippen molar-refractivity contribution in [1.82, 2.24) is 19.7 Å². The van der Waals surface area contributed by atoms with Gasteiger partial charge in [0.2, 0.25) is 5.91 Å². The molecule has 226 valence electrons. The van der Waals surface area contributed by atoms with Crippen LogP contribution in [0.5, 0.6) is 11.5 Å². The van der Waals surface area contributed by atoms with E-state index >= 15 is 0 Å². The summed E-state index contributed by atoms with van der Waals surface area (Å²) in [6, 6.07) is 21.4. The number of methoxy groups -OCH3 is 1. The maximum absolute atomic E-state index is 14.2. The van der Waals surface area contributed by atoms with Gasteiger partial charge in [-0.1, -0.05) is 30.3 Å². The van der Waals surface area contributed by atoms with Gasteiger partial charge in [0.25, 0.3) is 0 Å². The number of benzene rings is 2. The molecule has 2 heterocycles. The van der Waals surface area contributed by atoms with E-state index in [-0.39, 0.29) is 30.1 Å². The van der Waals surface area contributed by atoms with Crippen LogP contribution in [-0.2, 0) is 16.1 Å². The maximum atomic E-state index is 14.2. The van der Waals surface area contributed by atoms with Crippen LogP contribution in [0.1, 0.15) is 55.8 Å². The van der Waals surface area contributed by atoms with Gasteiger partial charge in [0, 0.05) is 44.2 Å². The smallest absolute Gasteiger partial charge is 0.318 e. The highest BCUT2D eigenvalue weighted by atomic mass is 16.5. The zero-order chi connectivity index (χ0) is 29.4. The lowest BCUT2D eigenvalue weighted by Crippen LogP contribution is -2.62. The van der Waals surface area contributed by atoms with Gasteiger partial charge >= 0.3 is 6.03 Å². The molecule has 1 N–H and O–H groups in total. The molecular weight excluding hydrogens is 540 g/mol. The van der Waals surface area contributed by atoms with Crippen molar-refractivity contribution in [2.75, 3.05) is 33.4 Å². The molecule has 8 nitrogen and oxygen atoms in total. The number of para-hydroxylation sites is 1. The van der Waals surface area contributed by atoms with E-state index in [4.69, 9.17) is 9.47 Å². The first-order valence-corrected chi connectivity index (χ1v) is 15.8. The number of rotatable bonds is 9. The summed E-state index contributed by atoms with van der Waals surface area (Å²) in [5, 5.41) is 3.47. The highest BCUT2D eigenvalue weighted by Gasteiger charge is 2.52. The van der Waals surface area contributed by atoms with Crippen molar-refractivity contribution < 1.29 is 19.1 Å². The third kappa shape index (κ3) is 5.77. The molecule has 4 saturated carbocycles. The summed E-state index contributed by atoms with van der Waals surface area (Å²) in [6.07, 6.45) is 9.23. The Balaban J connectivity index is 1.11. The quantitative estimate of drug-likeness (QED) is 0.344. The fourth-order valence-corrected chi connectivity index (χ4v) is 8.65. The number of hydrogen-bond acceptors (Lipinski definition) is 4. The van der Waals surface area contributed by atoms with E-state index in [9.17, 15) is 9.59 Å². The van der Waals surface area contributed by atoms with Gasteiger partial charge in [-0.25, -0.2) is 4.79 Å². The van der Waals surface area contributed by atoms with Crippen LogP contribution in [0.4, 0.5) is 4.79 Å². The van der Waals surface area contributed by atoms with Crippen molar-refractivity contribution in [1.29, 1.82) is 0 Å². The van der Waals surface area contributed by atoms with E-state index in [0.29, 0.717) is 26.2 Å². The molecule has 1 atom stereocenters. The Morgan fingerprint density at radius 1 is 0.907 bits per heavy atom. The van der Waals surface area contributed by atoms with Crippen molar-refractivity contribution in [3.8, 4) is 11.5 Å². The Morgan fingerprint density at radius 3 is 2.35 bits per heavy atom. The minimum Gasteiger partial charge on any atom is -0.457 e. The summed E-state index contributed by atoms with van der Waals surface area (Å²) in [6.45, 7) is 2.04. The summed E-state index contributed by atoms with van der Waals surface area (Å²) < 4.78 is 13.7. The maximum Gasteiger partial charge on any atom is 0.318 e. The van der Waals surface area contributed by atoms with Gasteiger partial charge in [-0.05, 0) is 98.2 Å². The Kier molecular flexibility index (Phi) is 7.63. The number of hydrogen-bond donors (Lipinski definition) is 1. The molecule has 8 rings (SSSR count). The van der Waals surface area contributed by atoms with E-state index in [1.807, 2.05) is 65.6 Å². The summed E-state index contributed by atoms with van der Waals surface area (Å²) in [7, 11) is 1.64. The van der Waals surface area contributed by atoms with E-state index in [1.165, 1.54) is 19.3 Å². The zero-order valence-corrected chi connectivity index (χ0v) is 25.0. The Labute approximate surface area is 253 Å². The molecule has 0 unspecified atom stereocenters. The molecule has 0 radical (unpaired) electrons. The van der Waals surface area contributed by atoms with Crippen LogP contribution in [0, 0.1) is 17.8 Å². The minimum absolute atomic E-state index is 0.0129. The van der Waals surface area contributed by atoms with E-state index in [1.54, 1.807) is 12.0 Å². The lowest BCUT2D eigenvalue weighted by molar-refractivity contribution is -0.134.